The number of pyridine rings is 2. The van der Waals surface area contributed by atoms with Gasteiger partial charge >= 0.3 is 12.1 Å². The number of carboxylic acids is 1. The van der Waals surface area contributed by atoms with Crippen molar-refractivity contribution in [2.45, 2.75) is 12.6 Å². The Labute approximate surface area is 198 Å². The number of carbonyl (C=O) groups excluding carboxylic acids is 1. The fourth-order valence-electron chi connectivity index (χ4n) is 3.82. The molecule has 0 saturated carbocycles. The molecule has 4 N–H and O–H groups in total. The summed E-state index contributed by atoms with van der Waals surface area (Å²) in [6, 6.07) is 10.1. The molecule has 0 bridgehead atoms. The Hall–Kier alpha value is -3.93. The molecule has 184 valence electrons. The normalized spacial score (nSPS) is 15.5. The Balaban J connectivity index is 0.000000364. The summed E-state index contributed by atoms with van der Waals surface area (Å²) >= 11 is 0. The van der Waals surface area contributed by atoms with Gasteiger partial charge in [-0.3, -0.25) is 9.78 Å². The number of fused-ring (bicyclic) bond motifs is 1. The molecule has 1 amide bonds. The predicted molar refractivity (Wildman–Crippen MR) is 122 cm³/mol. The van der Waals surface area contributed by atoms with Crippen molar-refractivity contribution in [3.63, 3.8) is 0 Å². The first kappa shape index (κ1) is 24.2. The summed E-state index contributed by atoms with van der Waals surface area (Å²) in [5.74, 6) is -1.76. The van der Waals surface area contributed by atoms with E-state index in [0.717, 1.165) is 72.2 Å². The highest BCUT2D eigenvalue weighted by molar-refractivity contribution is 5.97. The number of hydrogen-bond acceptors (Lipinski definition) is 6. The third-order valence-corrected chi connectivity index (χ3v) is 5.60. The van der Waals surface area contributed by atoms with Crippen molar-refractivity contribution in [2.24, 2.45) is 0 Å². The van der Waals surface area contributed by atoms with Crippen LogP contribution in [0.15, 0.2) is 42.7 Å². The van der Waals surface area contributed by atoms with Crippen molar-refractivity contribution in [3.05, 3.63) is 54.0 Å². The van der Waals surface area contributed by atoms with Crippen LogP contribution >= 0.6 is 0 Å². The van der Waals surface area contributed by atoms with Crippen molar-refractivity contribution in [1.29, 1.82) is 0 Å². The highest BCUT2D eigenvalue weighted by Gasteiger charge is 2.38. The molecule has 0 radical (unpaired) electrons. The van der Waals surface area contributed by atoms with Gasteiger partial charge in [0.2, 0.25) is 0 Å². The molecule has 12 heteroatoms. The summed E-state index contributed by atoms with van der Waals surface area (Å²) in [6.45, 7) is 4.62. The van der Waals surface area contributed by atoms with Gasteiger partial charge in [0.05, 0.1) is 11.3 Å². The minimum absolute atomic E-state index is 0.00858. The van der Waals surface area contributed by atoms with Gasteiger partial charge in [0, 0.05) is 74.1 Å². The van der Waals surface area contributed by atoms with Crippen LogP contribution in [0.3, 0.4) is 0 Å². The molecule has 3 aromatic rings. The number of carbonyl (C=O) groups is 2. The smallest absolute Gasteiger partial charge is 0.475 e. The molecule has 0 aromatic carbocycles. The van der Waals surface area contributed by atoms with E-state index in [4.69, 9.17) is 9.90 Å². The SMILES string of the molecule is O=C(O)C(F)(F)F.O=C1NCCc2[nH]c(-c3ccnc(-c4ccc(N5CCNCC5)nc4)c3)cc21. The summed E-state index contributed by atoms with van der Waals surface area (Å²) in [6.07, 6.45) is -0.568. The van der Waals surface area contributed by atoms with Gasteiger partial charge in [0.1, 0.15) is 5.82 Å². The van der Waals surface area contributed by atoms with Crippen LogP contribution in [0.5, 0.6) is 0 Å². The molecule has 2 aliphatic heterocycles. The summed E-state index contributed by atoms with van der Waals surface area (Å²) in [4.78, 5) is 35.8. The van der Waals surface area contributed by atoms with Crippen LogP contribution in [-0.2, 0) is 11.2 Å². The number of amides is 1. The largest absolute Gasteiger partial charge is 0.490 e. The molecule has 0 aliphatic carbocycles. The third-order valence-electron chi connectivity index (χ3n) is 5.60. The zero-order valence-electron chi connectivity index (χ0n) is 18.5. The van der Waals surface area contributed by atoms with E-state index in [2.05, 4.69) is 42.6 Å². The van der Waals surface area contributed by atoms with E-state index in [9.17, 15) is 18.0 Å². The summed E-state index contributed by atoms with van der Waals surface area (Å²) in [5.41, 5.74) is 5.54. The standard InChI is InChI=1S/C21H22N6O.C2HF3O2/c28-21-16-12-19(26-17(16)4-6-24-21)14-3-5-23-18(11-14)15-1-2-20(25-13-15)27-9-7-22-8-10-27;3-2(4,5)1(6)7/h1-3,5,11-13,22,26H,4,6-10H2,(H,24,28);(H,6,7). The van der Waals surface area contributed by atoms with Crippen molar-refractivity contribution in [3.8, 4) is 22.5 Å². The number of piperazine rings is 1. The first-order valence-corrected chi connectivity index (χ1v) is 10.9. The summed E-state index contributed by atoms with van der Waals surface area (Å²) < 4.78 is 31.7. The number of aromatic amines is 1. The van der Waals surface area contributed by atoms with Gasteiger partial charge in [0.25, 0.3) is 5.91 Å². The van der Waals surface area contributed by atoms with E-state index in [-0.39, 0.29) is 5.91 Å². The van der Waals surface area contributed by atoms with Crippen molar-refractivity contribution < 1.29 is 27.9 Å². The maximum Gasteiger partial charge on any atom is 0.490 e. The van der Waals surface area contributed by atoms with Crippen LogP contribution in [0.25, 0.3) is 22.5 Å². The maximum atomic E-state index is 12.0. The number of rotatable bonds is 3. The Bertz CT molecular complexity index is 1200. The average Bonchev–Trinajstić information content (AvgIpc) is 3.31. The van der Waals surface area contributed by atoms with Crippen LogP contribution in [0.2, 0.25) is 0 Å². The van der Waals surface area contributed by atoms with Gasteiger partial charge in [-0.25, -0.2) is 9.78 Å². The molecule has 5 heterocycles. The van der Waals surface area contributed by atoms with Crippen molar-refractivity contribution in [1.82, 2.24) is 25.6 Å². The fraction of sp³-hybridized carbons (Fsp3) is 0.304. The number of H-pyrrole nitrogens is 1. The summed E-state index contributed by atoms with van der Waals surface area (Å²) in [7, 11) is 0. The quantitative estimate of drug-likeness (QED) is 0.447. The molecule has 0 unspecified atom stereocenters. The average molecular weight is 488 g/mol. The van der Waals surface area contributed by atoms with Crippen LogP contribution < -0.4 is 15.5 Å². The number of alkyl halides is 3. The first-order chi connectivity index (χ1) is 16.7. The van der Waals surface area contributed by atoms with E-state index >= 15 is 0 Å². The molecule has 1 fully saturated rings. The van der Waals surface area contributed by atoms with Gasteiger partial charge in [-0.15, -0.1) is 0 Å². The van der Waals surface area contributed by atoms with Gasteiger partial charge < -0.3 is 25.6 Å². The molecule has 2 aliphatic rings. The van der Waals surface area contributed by atoms with E-state index in [1.54, 1.807) is 6.20 Å². The molecule has 0 spiro atoms. The monoisotopic (exact) mass is 488 g/mol. The van der Waals surface area contributed by atoms with Gasteiger partial charge in [0.15, 0.2) is 0 Å². The second kappa shape index (κ2) is 10.1. The third kappa shape index (κ3) is 5.77. The van der Waals surface area contributed by atoms with Gasteiger partial charge in [-0.2, -0.15) is 13.2 Å². The lowest BCUT2D eigenvalue weighted by Crippen LogP contribution is -2.43. The minimum atomic E-state index is -5.08. The van der Waals surface area contributed by atoms with E-state index in [1.165, 1.54) is 0 Å². The molecule has 9 nitrogen and oxygen atoms in total. The van der Waals surface area contributed by atoms with E-state index in [1.807, 2.05) is 24.4 Å². The summed E-state index contributed by atoms with van der Waals surface area (Å²) in [5, 5.41) is 13.4. The number of anilines is 1. The molecule has 35 heavy (non-hydrogen) atoms. The zero-order chi connectivity index (χ0) is 25.0. The lowest BCUT2D eigenvalue weighted by Gasteiger charge is -2.28. The van der Waals surface area contributed by atoms with Crippen LogP contribution in [0.1, 0.15) is 16.1 Å². The minimum Gasteiger partial charge on any atom is -0.475 e. The van der Waals surface area contributed by atoms with Gasteiger partial charge in [-0.05, 0) is 30.3 Å². The maximum absolute atomic E-state index is 12.0. The van der Waals surface area contributed by atoms with Crippen LogP contribution in [0, 0.1) is 0 Å². The number of carboxylic acid groups (broad SMARTS) is 1. The number of nitrogens with one attached hydrogen (secondary N) is 3. The Kier molecular flexibility index (Phi) is 7.01. The molecular formula is C23H23F3N6O3. The van der Waals surface area contributed by atoms with Crippen LogP contribution in [0.4, 0.5) is 19.0 Å². The molecule has 1 saturated heterocycles. The van der Waals surface area contributed by atoms with Crippen molar-refractivity contribution >= 4 is 17.7 Å². The first-order valence-electron chi connectivity index (χ1n) is 10.9. The van der Waals surface area contributed by atoms with E-state index < -0.39 is 12.1 Å². The number of nitrogens with zero attached hydrogens (tertiary/aromatic N) is 3. The molecule has 3 aromatic heterocycles. The molecule has 5 rings (SSSR count). The highest BCUT2D eigenvalue weighted by Crippen LogP contribution is 2.27. The van der Waals surface area contributed by atoms with Gasteiger partial charge in [-0.1, -0.05) is 0 Å². The second-order valence-electron chi connectivity index (χ2n) is 7.96. The Morgan fingerprint density at radius 3 is 2.40 bits per heavy atom. The lowest BCUT2D eigenvalue weighted by molar-refractivity contribution is -0.192. The molecule has 0 atom stereocenters. The zero-order valence-corrected chi connectivity index (χ0v) is 18.5. The topological polar surface area (TPSA) is 123 Å². The second-order valence-corrected chi connectivity index (χ2v) is 7.96. The Morgan fingerprint density at radius 1 is 1.03 bits per heavy atom. The van der Waals surface area contributed by atoms with E-state index in [0.29, 0.717) is 6.54 Å². The molecular weight excluding hydrogens is 465 g/mol. The number of aliphatic carboxylic acids is 1. The number of hydrogen-bond donors (Lipinski definition) is 4. The highest BCUT2D eigenvalue weighted by atomic mass is 19.4. The van der Waals surface area contributed by atoms with Crippen LogP contribution in [-0.4, -0.2) is 70.8 Å². The fourth-order valence-corrected chi connectivity index (χ4v) is 3.82. The Morgan fingerprint density at radius 2 is 1.77 bits per heavy atom. The van der Waals surface area contributed by atoms with Crippen molar-refractivity contribution in [2.75, 3.05) is 37.6 Å². The number of aromatic nitrogens is 3. The lowest BCUT2D eigenvalue weighted by atomic mass is 10.1. The predicted octanol–water partition coefficient (Wildman–Crippen LogP) is 2.47. The number of halogens is 3.